The van der Waals surface area contributed by atoms with Crippen molar-refractivity contribution in [1.82, 2.24) is 4.90 Å². The lowest BCUT2D eigenvalue weighted by Gasteiger charge is -2.33. The zero-order valence-corrected chi connectivity index (χ0v) is 7.10. The van der Waals surface area contributed by atoms with Crippen molar-refractivity contribution >= 4 is 11.9 Å². The van der Waals surface area contributed by atoms with Crippen LogP contribution in [0.3, 0.4) is 0 Å². The van der Waals surface area contributed by atoms with E-state index in [0.717, 1.165) is 4.90 Å². The lowest BCUT2D eigenvalue weighted by atomic mass is 9.93. The fourth-order valence-electron chi connectivity index (χ4n) is 1.47. The first-order valence-electron chi connectivity index (χ1n) is 4.02. The van der Waals surface area contributed by atoms with Crippen LogP contribution in [0.4, 0.5) is 4.79 Å². The molecule has 2 atom stereocenters. The number of hydrogen-bond acceptors (Lipinski definition) is 3. The fraction of sp³-hybridized carbons (Fsp3) is 0.714. The van der Waals surface area contributed by atoms with Crippen LogP contribution < -0.4 is 5.73 Å². The highest BCUT2D eigenvalue weighted by molar-refractivity contribution is 5.80. The molecule has 0 saturated carbocycles. The summed E-state index contributed by atoms with van der Waals surface area (Å²) in [5.74, 6) is -0.465. The molecule has 1 saturated heterocycles. The first kappa shape index (κ1) is 9.79. The molecule has 5 N–H and O–H groups in total. The largest absolute Gasteiger partial charge is 0.465 e. The molecule has 13 heavy (non-hydrogen) atoms. The van der Waals surface area contributed by atoms with Crippen LogP contribution in [0.2, 0.25) is 0 Å². The van der Waals surface area contributed by atoms with Gasteiger partial charge in [0.2, 0.25) is 0 Å². The molecular formula is C7H13N3O3. The predicted octanol–water partition coefficient (Wildman–Crippen LogP) is -0.717. The molecular weight excluding hydrogens is 174 g/mol. The summed E-state index contributed by atoms with van der Waals surface area (Å²) in [6.45, 7) is 0.371. The molecule has 0 aromatic rings. The van der Waals surface area contributed by atoms with Gasteiger partial charge in [-0.15, -0.1) is 0 Å². The Labute approximate surface area is 75.5 Å². The SMILES string of the molecule is N=C(N)C1CCN(C(=O)O)CC1O. The number of amides is 1. The van der Waals surface area contributed by atoms with E-state index in [1.807, 2.05) is 0 Å². The Morgan fingerprint density at radius 1 is 1.62 bits per heavy atom. The molecule has 1 rings (SSSR count). The van der Waals surface area contributed by atoms with Crippen molar-refractivity contribution in [2.45, 2.75) is 12.5 Å². The number of carbonyl (C=O) groups is 1. The predicted molar refractivity (Wildman–Crippen MR) is 45.6 cm³/mol. The molecule has 0 aromatic heterocycles. The Bertz CT molecular complexity index is 231. The third-order valence-corrected chi connectivity index (χ3v) is 2.25. The minimum absolute atomic E-state index is 0.0413. The second kappa shape index (κ2) is 3.61. The van der Waals surface area contributed by atoms with Crippen LogP contribution in [0.25, 0.3) is 0 Å². The van der Waals surface area contributed by atoms with E-state index in [1.165, 1.54) is 0 Å². The number of amidine groups is 1. The van der Waals surface area contributed by atoms with Crippen molar-refractivity contribution in [3.05, 3.63) is 0 Å². The molecule has 2 unspecified atom stereocenters. The van der Waals surface area contributed by atoms with Gasteiger partial charge in [-0.3, -0.25) is 5.41 Å². The number of carboxylic acid groups (broad SMARTS) is 1. The zero-order valence-electron chi connectivity index (χ0n) is 7.10. The molecule has 0 spiro atoms. The summed E-state index contributed by atoms with van der Waals surface area (Å²) in [5, 5.41) is 25.2. The number of hydrogen-bond donors (Lipinski definition) is 4. The second-order valence-electron chi connectivity index (χ2n) is 3.15. The normalized spacial score (nSPS) is 28.5. The van der Waals surface area contributed by atoms with Crippen LogP contribution >= 0.6 is 0 Å². The highest BCUT2D eigenvalue weighted by Crippen LogP contribution is 2.17. The molecule has 6 nitrogen and oxygen atoms in total. The number of nitrogens with two attached hydrogens (primary N) is 1. The third-order valence-electron chi connectivity index (χ3n) is 2.25. The van der Waals surface area contributed by atoms with Gasteiger partial charge in [0.25, 0.3) is 0 Å². The number of likely N-dealkylation sites (tertiary alicyclic amines) is 1. The van der Waals surface area contributed by atoms with Crippen LogP contribution in [0, 0.1) is 11.3 Å². The van der Waals surface area contributed by atoms with E-state index in [-0.39, 0.29) is 12.4 Å². The maximum Gasteiger partial charge on any atom is 0.407 e. The molecule has 1 heterocycles. The monoisotopic (exact) mass is 187 g/mol. The van der Waals surface area contributed by atoms with Gasteiger partial charge >= 0.3 is 6.09 Å². The van der Waals surface area contributed by atoms with E-state index in [1.54, 1.807) is 0 Å². The first-order chi connectivity index (χ1) is 6.02. The highest BCUT2D eigenvalue weighted by Gasteiger charge is 2.31. The Balaban J connectivity index is 2.56. The van der Waals surface area contributed by atoms with Crippen LogP contribution in [0.5, 0.6) is 0 Å². The van der Waals surface area contributed by atoms with Crippen LogP contribution in [-0.4, -0.2) is 46.2 Å². The standard InChI is InChI=1S/C7H13N3O3/c8-6(9)4-1-2-10(7(12)13)3-5(4)11/h4-5,11H,1-3H2,(H3,8,9)(H,12,13). The molecule has 1 aliphatic heterocycles. The highest BCUT2D eigenvalue weighted by atomic mass is 16.4. The number of β-amino-alcohol motifs (C(OH)–C–C–N with tert-alkyl or cyclic N) is 1. The van der Waals surface area contributed by atoms with Gasteiger partial charge in [-0.05, 0) is 6.42 Å². The Morgan fingerprint density at radius 2 is 2.23 bits per heavy atom. The van der Waals surface area contributed by atoms with Gasteiger partial charge in [-0.2, -0.15) is 0 Å². The smallest absolute Gasteiger partial charge is 0.407 e. The Kier molecular flexibility index (Phi) is 2.72. The van der Waals surface area contributed by atoms with E-state index in [0.29, 0.717) is 13.0 Å². The molecule has 6 heteroatoms. The van der Waals surface area contributed by atoms with E-state index < -0.39 is 18.1 Å². The van der Waals surface area contributed by atoms with Crippen LogP contribution in [0.1, 0.15) is 6.42 Å². The Morgan fingerprint density at radius 3 is 2.62 bits per heavy atom. The lowest BCUT2D eigenvalue weighted by Crippen LogP contribution is -2.49. The van der Waals surface area contributed by atoms with Crippen LogP contribution in [0.15, 0.2) is 0 Å². The number of nitrogens with one attached hydrogen (secondary N) is 1. The minimum atomic E-state index is -1.04. The molecule has 74 valence electrons. The number of aliphatic hydroxyl groups excluding tert-OH is 1. The summed E-state index contributed by atoms with van der Waals surface area (Å²) in [6.07, 6.45) is -1.47. The van der Waals surface area contributed by atoms with E-state index in [4.69, 9.17) is 16.2 Å². The first-order valence-corrected chi connectivity index (χ1v) is 4.02. The summed E-state index contributed by atoms with van der Waals surface area (Å²) in [7, 11) is 0. The topological polar surface area (TPSA) is 111 Å². The maximum atomic E-state index is 10.5. The van der Waals surface area contributed by atoms with Gasteiger partial charge in [-0.1, -0.05) is 0 Å². The maximum absolute atomic E-state index is 10.5. The van der Waals surface area contributed by atoms with Crippen molar-refractivity contribution in [3.8, 4) is 0 Å². The Hall–Kier alpha value is -1.30. The number of nitrogens with zero attached hydrogens (tertiary/aromatic N) is 1. The zero-order chi connectivity index (χ0) is 10.0. The minimum Gasteiger partial charge on any atom is -0.465 e. The average Bonchev–Trinajstić information content (AvgIpc) is 2.03. The summed E-state index contributed by atoms with van der Waals surface area (Å²) >= 11 is 0. The molecule has 0 aromatic carbocycles. The van der Waals surface area contributed by atoms with Gasteiger partial charge in [0, 0.05) is 12.5 Å². The quantitative estimate of drug-likeness (QED) is 0.321. The molecule has 1 amide bonds. The molecule has 1 fully saturated rings. The summed E-state index contributed by atoms with van der Waals surface area (Å²) in [5.41, 5.74) is 5.24. The van der Waals surface area contributed by atoms with Gasteiger partial charge < -0.3 is 20.8 Å². The average molecular weight is 187 g/mol. The fourth-order valence-corrected chi connectivity index (χ4v) is 1.47. The number of aliphatic hydroxyl groups is 1. The van der Waals surface area contributed by atoms with E-state index >= 15 is 0 Å². The van der Waals surface area contributed by atoms with Gasteiger partial charge in [-0.25, -0.2) is 4.79 Å². The van der Waals surface area contributed by atoms with E-state index in [9.17, 15) is 9.90 Å². The van der Waals surface area contributed by atoms with Crippen molar-refractivity contribution < 1.29 is 15.0 Å². The van der Waals surface area contributed by atoms with Crippen molar-refractivity contribution in [2.24, 2.45) is 11.7 Å². The van der Waals surface area contributed by atoms with Gasteiger partial charge in [0.05, 0.1) is 18.5 Å². The summed E-state index contributed by atoms with van der Waals surface area (Å²) < 4.78 is 0. The van der Waals surface area contributed by atoms with Crippen LogP contribution in [-0.2, 0) is 0 Å². The van der Waals surface area contributed by atoms with Crippen molar-refractivity contribution in [2.75, 3.05) is 13.1 Å². The van der Waals surface area contributed by atoms with Gasteiger partial charge in [0.1, 0.15) is 0 Å². The second-order valence-corrected chi connectivity index (χ2v) is 3.15. The molecule has 0 aliphatic carbocycles. The number of piperidine rings is 1. The molecule has 1 aliphatic rings. The molecule has 0 radical (unpaired) electrons. The summed E-state index contributed by atoms with van der Waals surface area (Å²) in [4.78, 5) is 11.6. The van der Waals surface area contributed by atoms with Gasteiger partial charge in [0.15, 0.2) is 0 Å². The van der Waals surface area contributed by atoms with Crippen molar-refractivity contribution in [1.29, 1.82) is 5.41 Å². The van der Waals surface area contributed by atoms with Crippen molar-refractivity contribution in [3.63, 3.8) is 0 Å². The van der Waals surface area contributed by atoms with E-state index in [2.05, 4.69) is 0 Å². The number of rotatable bonds is 1. The summed E-state index contributed by atoms with van der Waals surface area (Å²) in [6, 6.07) is 0. The lowest BCUT2D eigenvalue weighted by molar-refractivity contribution is 0.0462. The third kappa shape index (κ3) is 2.09. The molecule has 0 bridgehead atoms.